The number of nitrogens with one attached hydrogen (secondary N) is 1. The van der Waals surface area contributed by atoms with E-state index < -0.39 is 0 Å². The maximum atomic E-state index is 11.3. The number of furan rings is 1. The third-order valence-electron chi connectivity index (χ3n) is 2.21. The van der Waals surface area contributed by atoms with Gasteiger partial charge in [0.1, 0.15) is 0 Å². The van der Waals surface area contributed by atoms with Gasteiger partial charge in [-0.2, -0.15) is 4.98 Å². The van der Waals surface area contributed by atoms with Gasteiger partial charge in [-0.25, -0.2) is 0 Å². The Hall–Kier alpha value is -2.15. The predicted molar refractivity (Wildman–Crippen MR) is 60.4 cm³/mol. The summed E-state index contributed by atoms with van der Waals surface area (Å²) in [4.78, 5) is 15.4. The second-order valence-corrected chi connectivity index (χ2v) is 3.56. The summed E-state index contributed by atoms with van der Waals surface area (Å²) in [6, 6.07) is 3.45. The molecule has 0 radical (unpaired) electrons. The van der Waals surface area contributed by atoms with Crippen molar-refractivity contribution in [3.8, 4) is 11.6 Å². The molecule has 2 N–H and O–H groups in total. The molecule has 0 aliphatic heterocycles. The van der Waals surface area contributed by atoms with E-state index >= 15 is 0 Å². The standard InChI is InChI=1S/C11H13N3O4/c15-6-5-12-9(16)3-4-10-13-11(14-18-10)8-2-1-7-17-8/h1-2,7,15H,3-6H2,(H,12,16). The fourth-order valence-corrected chi connectivity index (χ4v) is 1.37. The van der Waals surface area contributed by atoms with E-state index in [1.54, 1.807) is 12.1 Å². The van der Waals surface area contributed by atoms with Gasteiger partial charge in [-0.1, -0.05) is 5.16 Å². The zero-order valence-electron chi connectivity index (χ0n) is 9.63. The fraction of sp³-hybridized carbons (Fsp3) is 0.364. The molecule has 7 heteroatoms. The number of nitrogens with zero attached hydrogens (tertiary/aromatic N) is 2. The van der Waals surface area contributed by atoms with Gasteiger partial charge in [0.2, 0.25) is 17.6 Å². The molecule has 0 unspecified atom stereocenters. The van der Waals surface area contributed by atoms with Crippen molar-refractivity contribution >= 4 is 5.91 Å². The van der Waals surface area contributed by atoms with Gasteiger partial charge < -0.3 is 19.4 Å². The molecule has 0 spiro atoms. The Morgan fingerprint density at radius 1 is 1.50 bits per heavy atom. The molecule has 2 aromatic heterocycles. The van der Waals surface area contributed by atoms with Crippen LogP contribution >= 0.6 is 0 Å². The van der Waals surface area contributed by atoms with Gasteiger partial charge >= 0.3 is 0 Å². The summed E-state index contributed by atoms with van der Waals surface area (Å²) < 4.78 is 10.1. The third kappa shape index (κ3) is 3.17. The van der Waals surface area contributed by atoms with E-state index in [2.05, 4.69) is 15.5 Å². The van der Waals surface area contributed by atoms with Crippen LogP contribution in [-0.2, 0) is 11.2 Å². The molecule has 2 aromatic rings. The van der Waals surface area contributed by atoms with Crippen LogP contribution < -0.4 is 5.32 Å². The number of hydrogen-bond acceptors (Lipinski definition) is 6. The first-order chi connectivity index (χ1) is 8.79. The van der Waals surface area contributed by atoms with Crippen LogP contribution in [0.2, 0.25) is 0 Å². The highest BCUT2D eigenvalue weighted by Gasteiger charge is 2.11. The molecule has 18 heavy (non-hydrogen) atoms. The van der Waals surface area contributed by atoms with Crippen LogP contribution in [0.1, 0.15) is 12.3 Å². The normalized spacial score (nSPS) is 10.5. The molecule has 0 aliphatic rings. The van der Waals surface area contributed by atoms with Gasteiger partial charge in [0.05, 0.1) is 12.9 Å². The van der Waals surface area contributed by atoms with Crippen LogP contribution in [0, 0.1) is 0 Å². The average molecular weight is 251 g/mol. The van der Waals surface area contributed by atoms with E-state index in [1.165, 1.54) is 6.26 Å². The number of rotatable bonds is 6. The monoisotopic (exact) mass is 251 g/mol. The molecule has 2 heterocycles. The van der Waals surface area contributed by atoms with Crippen molar-refractivity contribution in [1.82, 2.24) is 15.5 Å². The van der Waals surface area contributed by atoms with Crippen molar-refractivity contribution in [2.45, 2.75) is 12.8 Å². The highest BCUT2D eigenvalue weighted by atomic mass is 16.5. The minimum atomic E-state index is -0.165. The summed E-state index contributed by atoms with van der Waals surface area (Å²) in [5.74, 6) is 1.10. The first-order valence-corrected chi connectivity index (χ1v) is 5.53. The lowest BCUT2D eigenvalue weighted by Gasteiger charge is -1.99. The zero-order chi connectivity index (χ0) is 12.8. The maximum absolute atomic E-state index is 11.3. The molecule has 96 valence electrons. The second-order valence-electron chi connectivity index (χ2n) is 3.56. The fourth-order valence-electron chi connectivity index (χ4n) is 1.37. The SMILES string of the molecule is O=C(CCc1nc(-c2ccco2)no1)NCCO. The first-order valence-electron chi connectivity index (χ1n) is 5.53. The molecule has 0 fully saturated rings. The molecule has 0 saturated heterocycles. The Morgan fingerprint density at radius 3 is 3.11 bits per heavy atom. The summed E-state index contributed by atoms with van der Waals surface area (Å²) >= 11 is 0. The highest BCUT2D eigenvalue weighted by molar-refractivity contribution is 5.75. The maximum Gasteiger partial charge on any atom is 0.238 e. The minimum absolute atomic E-state index is 0.0745. The molecular formula is C11H13N3O4. The van der Waals surface area contributed by atoms with Gasteiger partial charge in [-0.3, -0.25) is 4.79 Å². The van der Waals surface area contributed by atoms with Crippen LogP contribution in [0.4, 0.5) is 0 Å². The Morgan fingerprint density at radius 2 is 2.39 bits per heavy atom. The molecule has 0 saturated carbocycles. The second kappa shape index (κ2) is 5.97. The minimum Gasteiger partial charge on any atom is -0.461 e. The van der Waals surface area contributed by atoms with Crippen LogP contribution in [0.25, 0.3) is 11.6 Å². The quantitative estimate of drug-likeness (QED) is 0.769. The number of aliphatic hydroxyl groups is 1. The van der Waals surface area contributed by atoms with E-state index in [1.807, 2.05) is 0 Å². The van der Waals surface area contributed by atoms with Crippen LogP contribution in [0.5, 0.6) is 0 Å². The van der Waals surface area contributed by atoms with Gasteiger partial charge in [0.15, 0.2) is 5.76 Å². The van der Waals surface area contributed by atoms with E-state index in [0.717, 1.165) is 0 Å². The smallest absolute Gasteiger partial charge is 0.238 e. The Labute approximate surface area is 103 Å². The zero-order valence-corrected chi connectivity index (χ0v) is 9.63. The topological polar surface area (TPSA) is 101 Å². The Balaban J connectivity index is 1.86. The Bertz CT molecular complexity index is 492. The van der Waals surface area contributed by atoms with E-state index in [-0.39, 0.29) is 25.5 Å². The van der Waals surface area contributed by atoms with E-state index in [0.29, 0.717) is 23.9 Å². The number of carbonyl (C=O) groups is 1. The van der Waals surface area contributed by atoms with Crippen LogP contribution in [0.3, 0.4) is 0 Å². The van der Waals surface area contributed by atoms with Crippen molar-refractivity contribution in [3.05, 3.63) is 24.3 Å². The van der Waals surface area contributed by atoms with Crippen molar-refractivity contribution in [2.24, 2.45) is 0 Å². The number of amides is 1. The summed E-state index contributed by atoms with van der Waals surface area (Å²) in [6.45, 7) is 0.176. The third-order valence-corrected chi connectivity index (χ3v) is 2.21. The number of carbonyl (C=O) groups excluding carboxylic acids is 1. The first kappa shape index (κ1) is 12.3. The highest BCUT2D eigenvalue weighted by Crippen LogP contribution is 2.16. The summed E-state index contributed by atoms with van der Waals surface area (Å²) in [5.41, 5.74) is 0. The van der Waals surface area contributed by atoms with E-state index in [9.17, 15) is 4.79 Å². The van der Waals surface area contributed by atoms with Gasteiger partial charge in [-0.15, -0.1) is 0 Å². The molecular weight excluding hydrogens is 238 g/mol. The van der Waals surface area contributed by atoms with E-state index in [4.69, 9.17) is 14.0 Å². The molecule has 0 aliphatic carbocycles. The summed E-state index contributed by atoms with van der Waals surface area (Å²) in [7, 11) is 0. The van der Waals surface area contributed by atoms with Gasteiger partial charge in [0.25, 0.3) is 0 Å². The average Bonchev–Trinajstić information content (AvgIpc) is 3.03. The largest absolute Gasteiger partial charge is 0.461 e. The summed E-state index contributed by atoms with van der Waals surface area (Å²) in [5, 5.41) is 14.8. The molecule has 0 aromatic carbocycles. The molecule has 7 nitrogen and oxygen atoms in total. The number of aromatic nitrogens is 2. The lowest BCUT2D eigenvalue weighted by atomic mass is 10.3. The van der Waals surface area contributed by atoms with Crippen LogP contribution in [-0.4, -0.2) is 34.3 Å². The number of hydrogen-bond donors (Lipinski definition) is 2. The van der Waals surface area contributed by atoms with Gasteiger partial charge in [-0.05, 0) is 12.1 Å². The van der Waals surface area contributed by atoms with Crippen molar-refractivity contribution in [3.63, 3.8) is 0 Å². The summed E-state index contributed by atoms with van der Waals surface area (Å²) in [6.07, 6.45) is 2.11. The molecule has 0 bridgehead atoms. The number of aryl methyl sites for hydroxylation is 1. The van der Waals surface area contributed by atoms with Crippen LogP contribution in [0.15, 0.2) is 27.3 Å². The lowest BCUT2D eigenvalue weighted by Crippen LogP contribution is -2.26. The molecule has 0 atom stereocenters. The van der Waals surface area contributed by atoms with Crippen molar-refractivity contribution in [2.75, 3.05) is 13.2 Å². The number of aliphatic hydroxyl groups excluding tert-OH is 1. The van der Waals surface area contributed by atoms with Crippen molar-refractivity contribution < 1.29 is 18.8 Å². The predicted octanol–water partition coefficient (Wildman–Crippen LogP) is 0.371. The molecule has 2 rings (SSSR count). The van der Waals surface area contributed by atoms with Gasteiger partial charge in [0, 0.05) is 19.4 Å². The lowest BCUT2D eigenvalue weighted by molar-refractivity contribution is -0.121. The Kier molecular flexibility index (Phi) is 4.08. The molecule has 1 amide bonds. The van der Waals surface area contributed by atoms with Crippen molar-refractivity contribution in [1.29, 1.82) is 0 Å².